The van der Waals surface area contributed by atoms with Crippen LogP contribution in [-0.4, -0.2) is 21.6 Å². The number of rotatable bonds is 3. The maximum atomic E-state index is 6.04. The van der Waals surface area contributed by atoms with E-state index in [9.17, 15) is 0 Å². The molecular weight excluding hydrogens is 262 g/mol. The Morgan fingerprint density at radius 3 is 3.00 bits per heavy atom. The molecule has 0 saturated heterocycles. The van der Waals surface area contributed by atoms with Crippen molar-refractivity contribution in [2.24, 2.45) is 0 Å². The summed E-state index contributed by atoms with van der Waals surface area (Å²) in [5.74, 6) is 0.849. The average molecular weight is 274 g/mol. The molecule has 0 radical (unpaired) electrons. The summed E-state index contributed by atoms with van der Waals surface area (Å²) in [5, 5.41) is 1.35. The molecule has 1 aromatic carbocycles. The maximum absolute atomic E-state index is 6.04. The lowest BCUT2D eigenvalue weighted by Crippen LogP contribution is -1.99. The standard InChI is InChI=1S/C14H12ClN3O/c1-19-11-4-2-3-10(7-11)8-18-6-5-12-13(15)16-9-17-14(12)18/h2-7,9H,8H2,1H3. The zero-order valence-corrected chi connectivity index (χ0v) is 11.1. The molecule has 96 valence electrons. The first-order valence-electron chi connectivity index (χ1n) is 5.86. The molecule has 3 rings (SSSR count). The van der Waals surface area contributed by atoms with Crippen LogP contribution >= 0.6 is 11.6 Å². The molecule has 0 spiro atoms. The predicted molar refractivity (Wildman–Crippen MR) is 74.6 cm³/mol. The molecule has 19 heavy (non-hydrogen) atoms. The molecule has 0 saturated carbocycles. The molecular formula is C14H12ClN3O. The fourth-order valence-corrected chi connectivity index (χ4v) is 2.26. The zero-order chi connectivity index (χ0) is 13.2. The molecule has 0 atom stereocenters. The minimum Gasteiger partial charge on any atom is -0.497 e. The van der Waals surface area contributed by atoms with E-state index in [4.69, 9.17) is 16.3 Å². The normalized spacial score (nSPS) is 10.8. The second-order valence-electron chi connectivity index (χ2n) is 4.20. The van der Waals surface area contributed by atoms with Gasteiger partial charge in [0, 0.05) is 12.7 Å². The summed E-state index contributed by atoms with van der Waals surface area (Å²) >= 11 is 6.04. The van der Waals surface area contributed by atoms with Crippen molar-refractivity contribution in [1.82, 2.24) is 14.5 Å². The highest BCUT2D eigenvalue weighted by Gasteiger charge is 2.07. The monoisotopic (exact) mass is 273 g/mol. The van der Waals surface area contributed by atoms with Crippen molar-refractivity contribution in [3.63, 3.8) is 0 Å². The first-order valence-corrected chi connectivity index (χ1v) is 6.24. The van der Waals surface area contributed by atoms with E-state index in [1.54, 1.807) is 7.11 Å². The van der Waals surface area contributed by atoms with Crippen LogP contribution in [-0.2, 0) is 6.54 Å². The largest absolute Gasteiger partial charge is 0.497 e. The van der Waals surface area contributed by atoms with Crippen molar-refractivity contribution in [3.8, 4) is 5.75 Å². The highest BCUT2D eigenvalue weighted by atomic mass is 35.5. The summed E-state index contributed by atoms with van der Waals surface area (Å²) in [6.07, 6.45) is 3.44. The molecule has 0 fully saturated rings. The second-order valence-corrected chi connectivity index (χ2v) is 4.55. The summed E-state index contributed by atoms with van der Waals surface area (Å²) in [6, 6.07) is 9.89. The Kier molecular flexibility index (Phi) is 3.09. The Balaban J connectivity index is 1.99. The summed E-state index contributed by atoms with van der Waals surface area (Å²) in [6.45, 7) is 0.716. The van der Waals surface area contributed by atoms with Crippen molar-refractivity contribution in [1.29, 1.82) is 0 Å². The molecule has 2 aromatic heterocycles. The van der Waals surface area contributed by atoms with E-state index < -0.39 is 0 Å². The van der Waals surface area contributed by atoms with Crippen molar-refractivity contribution >= 4 is 22.6 Å². The maximum Gasteiger partial charge on any atom is 0.145 e. The third kappa shape index (κ3) is 2.27. The van der Waals surface area contributed by atoms with Gasteiger partial charge in [-0.2, -0.15) is 0 Å². The Hall–Kier alpha value is -2.07. The van der Waals surface area contributed by atoms with Gasteiger partial charge in [0.15, 0.2) is 0 Å². The SMILES string of the molecule is COc1cccc(Cn2ccc3c(Cl)ncnc32)c1. The lowest BCUT2D eigenvalue weighted by Gasteiger charge is -2.07. The molecule has 0 bridgehead atoms. The van der Waals surface area contributed by atoms with Crippen LogP contribution in [0.15, 0.2) is 42.9 Å². The van der Waals surface area contributed by atoms with Crippen LogP contribution in [0.25, 0.3) is 11.0 Å². The van der Waals surface area contributed by atoms with E-state index in [2.05, 4.69) is 16.0 Å². The first kappa shape index (κ1) is 12.0. The van der Waals surface area contributed by atoms with E-state index in [0.29, 0.717) is 11.7 Å². The van der Waals surface area contributed by atoms with Crippen LogP contribution in [0.4, 0.5) is 0 Å². The van der Waals surface area contributed by atoms with Crippen molar-refractivity contribution in [2.45, 2.75) is 6.54 Å². The minimum atomic E-state index is 0.481. The van der Waals surface area contributed by atoms with Gasteiger partial charge in [0.05, 0.1) is 12.5 Å². The van der Waals surface area contributed by atoms with Gasteiger partial charge in [0.1, 0.15) is 22.9 Å². The molecule has 0 N–H and O–H groups in total. The van der Waals surface area contributed by atoms with E-state index in [0.717, 1.165) is 22.3 Å². The van der Waals surface area contributed by atoms with Gasteiger partial charge in [-0.1, -0.05) is 23.7 Å². The lowest BCUT2D eigenvalue weighted by atomic mass is 10.2. The minimum absolute atomic E-state index is 0.481. The van der Waals surface area contributed by atoms with E-state index >= 15 is 0 Å². The van der Waals surface area contributed by atoms with E-state index in [-0.39, 0.29) is 0 Å². The van der Waals surface area contributed by atoms with Crippen LogP contribution in [0.2, 0.25) is 5.15 Å². The van der Waals surface area contributed by atoms with Crippen LogP contribution in [0.3, 0.4) is 0 Å². The van der Waals surface area contributed by atoms with Crippen LogP contribution in [0, 0.1) is 0 Å². The molecule has 0 aliphatic carbocycles. The number of hydrogen-bond donors (Lipinski definition) is 0. The highest BCUT2D eigenvalue weighted by Crippen LogP contribution is 2.21. The molecule has 0 aliphatic rings. The molecule has 5 heteroatoms. The molecule has 2 heterocycles. The number of aromatic nitrogens is 3. The van der Waals surface area contributed by atoms with Crippen molar-refractivity contribution in [2.75, 3.05) is 7.11 Å². The Bertz CT molecular complexity index is 724. The van der Waals surface area contributed by atoms with Gasteiger partial charge in [-0.05, 0) is 23.8 Å². The van der Waals surface area contributed by atoms with Crippen LogP contribution < -0.4 is 4.74 Å². The van der Waals surface area contributed by atoms with Gasteiger partial charge in [0.2, 0.25) is 0 Å². The van der Waals surface area contributed by atoms with E-state index in [1.807, 2.05) is 35.0 Å². The van der Waals surface area contributed by atoms with Crippen LogP contribution in [0.1, 0.15) is 5.56 Å². The van der Waals surface area contributed by atoms with Crippen molar-refractivity contribution in [3.05, 3.63) is 53.6 Å². The smallest absolute Gasteiger partial charge is 0.145 e. The lowest BCUT2D eigenvalue weighted by molar-refractivity contribution is 0.414. The topological polar surface area (TPSA) is 39.9 Å². The van der Waals surface area contributed by atoms with Gasteiger partial charge in [-0.3, -0.25) is 0 Å². The summed E-state index contributed by atoms with van der Waals surface area (Å²) in [7, 11) is 1.66. The predicted octanol–water partition coefficient (Wildman–Crippen LogP) is 3.14. The summed E-state index contributed by atoms with van der Waals surface area (Å²) in [5.41, 5.74) is 1.98. The van der Waals surface area contributed by atoms with Crippen LogP contribution in [0.5, 0.6) is 5.75 Å². The molecule has 0 unspecified atom stereocenters. The van der Waals surface area contributed by atoms with E-state index in [1.165, 1.54) is 6.33 Å². The van der Waals surface area contributed by atoms with Gasteiger partial charge in [-0.15, -0.1) is 0 Å². The summed E-state index contributed by atoms with van der Waals surface area (Å²) < 4.78 is 7.26. The molecule has 3 aromatic rings. The number of methoxy groups -OCH3 is 1. The number of ether oxygens (including phenoxy) is 1. The average Bonchev–Trinajstić information content (AvgIpc) is 2.84. The first-order chi connectivity index (χ1) is 9.28. The molecule has 0 aliphatic heterocycles. The molecule has 0 amide bonds. The number of halogens is 1. The third-order valence-electron chi connectivity index (χ3n) is 2.99. The summed E-state index contributed by atoms with van der Waals surface area (Å²) in [4.78, 5) is 8.25. The Morgan fingerprint density at radius 2 is 2.16 bits per heavy atom. The van der Waals surface area contributed by atoms with Crippen molar-refractivity contribution < 1.29 is 4.74 Å². The Labute approximate surface area is 115 Å². The number of benzene rings is 1. The fourth-order valence-electron chi connectivity index (χ4n) is 2.07. The number of hydrogen-bond acceptors (Lipinski definition) is 3. The fraction of sp³-hybridized carbons (Fsp3) is 0.143. The van der Waals surface area contributed by atoms with Gasteiger partial charge >= 0.3 is 0 Å². The molecule has 4 nitrogen and oxygen atoms in total. The highest BCUT2D eigenvalue weighted by molar-refractivity contribution is 6.33. The number of nitrogens with zero attached hydrogens (tertiary/aromatic N) is 3. The van der Waals surface area contributed by atoms with Gasteiger partial charge < -0.3 is 9.30 Å². The van der Waals surface area contributed by atoms with Gasteiger partial charge in [-0.25, -0.2) is 9.97 Å². The van der Waals surface area contributed by atoms with Gasteiger partial charge in [0.25, 0.3) is 0 Å². The second kappa shape index (κ2) is 4.90. The Morgan fingerprint density at radius 1 is 1.26 bits per heavy atom. The zero-order valence-electron chi connectivity index (χ0n) is 10.4. The number of fused-ring (bicyclic) bond motifs is 1. The quantitative estimate of drug-likeness (QED) is 0.688. The third-order valence-corrected chi connectivity index (χ3v) is 3.30.